The molecular formula is C19H29FO2. The van der Waals surface area contributed by atoms with E-state index in [0.717, 1.165) is 38.5 Å². The van der Waals surface area contributed by atoms with E-state index in [1.807, 2.05) is 0 Å². The van der Waals surface area contributed by atoms with Gasteiger partial charge < -0.3 is 10.2 Å². The molecule has 2 N–H and O–H groups in total. The first kappa shape index (κ1) is 15.1. The molecule has 0 aromatic heterocycles. The van der Waals surface area contributed by atoms with Crippen molar-refractivity contribution in [2.24, 2.45) is 28.6 Å². The molecule has 2 nitrogen and oxygen atoms in total. The van der Waals surface area contributed by atoms with Crippen LogP contribution in [0.2, 0.25) is 0 Å². The molecule has 4 aliphatic carbocycles. The van der Waals surface area contributed by atoms with Gasteiger partial charge in [0.15, 0.2) is 0 Å². The van der Waals surface area contributed by atoms with E-state index in [1.165, 1.54) is 5.57 Å². The maximum atomic E-state index is 14.2. The van der Waals surface area contributed by atoms with Crippen molar-refractivity contribution < 1.29 is 14.6 Å². The van der Waals surface area contributed by atoms with E-state index in [4.69, 9.17) is 0 Å². The Morgan fingerprint density at radius 2 is 1.91 bits per heavy atom. The summed E-state index contributed by atoms with van der Waals surface area (Å²) in [6, 6.07) is 0. The Morgan fingerprint density at radius 3 is 2.68 bits per heavy atom. The van der Waals surface area contributed by atoms with E-state index in [9.17, 15) is 14.6 Å². The number of fused-ring (bicyclic) bond motifs is 5. The number of allylic oxidation sites excluding steroid dienone is 1. The van der Waals surface area contributed by atoms with Crippen LogP contribution >= 0.6 is 0 Å². The highest BCUT2D eigenvalue weighted by Crippen LogP contribution is 2.65. The van der Waals surface area contributed by atoms with Gasteiger partial charge in [-0.3, -0.25) is 0 Å². The van der Waals surface area contributed by atoms with Gasteiger partial charge in [-0.05, 0) is 79.1 Å². The molecule has 0 radical (unpaired) electrons. The summed E-state index contributed by atoms with van der Waals surface area (Å²) in [6.45, 7) is 4.44. The second-order valence-corrected chi connectivity index (χ2v) is 8.84. The van der Waals surface area contributed by atoms with Crippen LogP contribution in [-0.2, 0) is 0 Å². The van der Waals surface area contributed by atoms with Crippen molar-refractivity contribution in [1.82, 2.24) is 0 Å². The highest BCUT2D eigenvalue weighted by Gasteiger charge is 2.61. The molecule has 3 fully saturated rings. The highest BCUT2D eigenvalue weighted by atomic mass is 19.1. The van der Waals surface area contributed by atoms with Crippen molar-refractivity contribution >= 4 is 0 Å². The smallest absolute Gasteiger partial charge is 0.127 e. The third-order valence-corrected chi connectivity index (χ3v) is 7.99. The largest absolute Gasteiger partial charge is 0.390 e. The van der Waals surface area contributed by atoms with Crippen LogP contribution in [0.3, 0.4) is 0 Å². The zero-order valence-corrected chi connectivity index (χ0v) is 13.8. The topological polar surface area (TPSA) is 40.5 Å². The molecule has 0 amide bonds. The van der Waals surface area contributed by atoms with Crippen molar-refractivity contribution in [3.8, 4) is 0 Å². The molecule has 0 spiro atoms. The lowest BCUT2D eigenvalue weighted by molar-refractivity contribution is -0.0776. The maximum Gasteiger partial charge on any atom is 0.127 e. The van der Waals surface area contributed by atoms with Crippen LogP contribution in [0.1, 0.15) is 58.8 Å². The fourth-order valence-corrected chi connectivity index (χ4v) is 6.73. The van der Waals surface area contributed by atoms with Gasteiger partial charge in [0, 0.05) is 0 Å². The number of aliphatic hydroxyl groups excluding tert-OH is 2. The monoisotopic (exact) mass is 308 g/mol. The van der Waals surface area contributed by atoms with E-state index in [-0.39, 0.29) is 16.9 Å². The molecule has 0 aromatic carbocycles. The molecule has 0 saturated heterocycles. The second-order valence-electron chi connectivity index (χ2n) is 8.84. The van der Waals surface area contributed by atoms with Crippen LogP contribution in [0, 0.1) is 28.6 Å². The van der Waals surface area contributed by atoms with Crippen LogP contribution in [0.4, 0.5) is 4.39 Å². The summed E-state index contributed by atoms with van der Waals surface area (Å²) < 4.78 is 14.2. The molecule has 124 valence electrons. The van der Waals surface area contributed by atoms with E-state index in [2.05, 4.69) is 19.9 Å². The summed E-state index contributed by atoms with van der Waals surface area (Å²) in [5.41, 5.74) is 1.12. The lowest BCUT2D eigenvalue weighted by atomic mass is 9.48. The number of rotatable bonds is 0. The molecular weight excluding hydrogens is 279 g/mol. The van der Waals surface area contributed by atoms with E-state index in [1.54, 1.807) is 0 Å². The average molecular weight is 308 g/mol. The first-order chi connectivity index (χ1) is 10.4. The summed E-state index contributed by atoms with van der Waals surface area (Å²) in [6.07, 6.45) is 6.80. The SMILES string of the molecule is C[C@]12CC[C@H]3[C@@H](CC=C4[C@H](O)CCC[C@@]43C)[C@@H]1C[C@@H](F)[C@H]2O. The highest BCUT2D eigenvalue weighted by molar-refractivity contribution is 5.27. The molecule has 3 saturated carbocycles. The van der Waals surface area contributed by atoms with Crippen molar-refractivity contribution in [3.05, 3.63) is 11.6 Å². The van der Waals surface area contributed by atoms with E-state index in [0.29, 0.717) is 24.2 Å². The molecule has 0 heterocycles. The third-order valence-electron chi connectivity index (χ3n) is 7.99. The molecule has 0 bridgehead atoms. The molecule has 3 heteroatoms. The Hall–Kier alpha value is -0.410. The van der Waals surface area contributed by atoms with Crippen LogP contribution in [0.25, 0.3) is 0 Å². The Labute approximate surface area is 132 Å². The normalized spacial score (nSPS) is 57.6. The molecule has 0 aromatic rings. The minimum Gasteiger partial charge on any atom is -0.390 e. The minimum absolute atomic E-state index is 0.0985. The summed E-state index contributed by atoms with van der Waals surface area (Å²) in [7, 11) is 0. The number of halogens is 1. The fourth-order valence-electron chi connectivity index (χ4n) is 6.73. The zero-order valence-electron chi connectivity index (χ0n) is 13.8. The van der Waals surface area contributed by atoms with Crippen molar-refractivity contribution in [2.45, 2.75) is 77.2 Å². The van der Waals surface area contributed by atoms with Gasteiger partial charge in [-0.15, -0.1) is 0 Å². The summed E-state index contributed by atoms with van der Waals surface area (Å²) >= 11 is 0. The predicted octanol–water partition coefficient (Wildman–Crippen LogP) is 3.62. The molecule has 4 aliphatic rings. The predicted molar refractivity (Wildman–Crippen MR) is 84.0 cm³/mol. The molecule has 8 atom stereocenters. The van der Waals surface area contributed by atoms with Gasteiger partial charge in [0.05, 0.1) is 12.2 Å². The number of aliphatic hydroxyl groups is 2. The standard InChI is InChI=1S/C19H29FO2/c1-18-8-3-4-16(21)13(18)6-5-11-12(18)7-9-19(2)14(11)10-15(20)17(19)22/h6,11-12,14-17,21-22H,3-5,7-10H2,1-2H3/t11-,12+,14+,15-,16-,17-,18-,19+/m1/s1. The minimum atomic E-state index is -1.05. The van der Waals surface area contributed by atoms with Crippen molar-refractivity contribution in [2.75, 3.05) is 0 Å². The quantitative estimate of drug-likeness (QED) is 0.671. The van der Waals surface area contributed by atoms with Gasteiger partial charge in [-0.25, -0.2) is 4.39 Å². The van der Waals surface area contributed by atoms with Gasteiger partial charge in [0.1, 0.15) is 6.17 Å². The Morgan fingerprint density at radius 1 is 1.14 bits per heavy atom. The Balaban J connectivity index is 1.71. The first-order valence-electron chi connectivity index (χ1n) is 9.08. The Bertz CT molecular complexity index is 504. The van der Waals surface area contributed by atoms with Gasteiger partial charge in [-0.2, -0.15) is 0 Å². The Kier molecular flexibility index (Phi) is 3.30. The van der Waals surface area contributed by atoms with Gasteiger partial charge >= 0.3 is 0 Å². The molecule has 0 aliphatic heterocycles. The summed E-state index contributed by atoms with van der Waals surface area (Å²) in [4.78, 5) is 0. The average Bonchev–Trinajstić information content (AvgIpc) is 2.71. The number of alkyl halides is 1. The van der Waals surface area contributed by atoms with Crippen molar-refractivity contribution in [1.29, 1.82) is 0 Å². The van der Waals surface area contributed by atoms with E-state index < -0.39 is 12.3 Å². The lowest BCUT2D eigenvalue weighted by Crippen LogP contribution is -2.52. The fraction of sp³-hybridized carbons (Fsp3) is 0.895. The summed E-state index contributed by atoms with van der Waals surface area (Å²) in [5, 5.41) is 20.8. The van der Waals surface area contributed by atoms with Gasteiger partial charge in [0.2, 0.25) is 0 Å². The van der Waals surface area contributed by atoms with Gasteiger partial charge in [-0.1, -0.05) is 19.9 Å². The summed E-state index contributed by atoms with van der Waals surface area (Å²) in [5.74, 6) is 1.33. The van der Waals surface area contributed by atoms with E-state index >= 15 is 0 Å². The van der Waals surface area contributed by atoms with Crippen LogP contribution in [-0.4, -0.2) is 28.6 Å². The zero-order chi connectivity index (χ0) is 15.7. The first-order valence-corrected chi connectivity index (χ1v) is 9.08. The molecule has 0 unspecified atom stereocenters. The van der Waals surface area contributed by atoms with Crippen molar-refractivity contribution in [3.63, 3.8) is 0 Å². The van der Waals surface area contributed by atoms with Crippen LogP contribution in [0.5, 0.6) is 0 Å². The van der Waals surface area contributed by atoms with Crippen LogP contribution in [0.15, 0.2) is 11.6 Å². The molecule has 22 heavy (non-hydrogen) atoms. The number of hydrogen-bond donors (Lipinski definition) is 2. The lowest BCUT2D eigenvalue weighted by Gasteiger charge is -2.57. The maximum absolute atomic E-state index is 14.2. The molecule has 4 rings (SSSR count). The van der Waals surface area contributed by atoms with Gasteiger partial charge in [0.25, 0.3) is 0 Å². The van der Waals surface area contributed by atoms with Crippen LogP contribution < -0.4 is 0 Å². The number of hydrogen-bond acceptors (Lipinski definition) is 2. The third kappa shape index (κ3) is 1.78. The second kappa shape index (κ2) is 4.80.